The van der Waals surface area contributed by atoms with Gasteiger partial charge in [0.15, 0.2) is 0 Å². The third kappa shape index (κ3) is 1.59. The molecule has 5 nitrogen and oxygen atoms in total. The van der Waals surface area contributed by atoms with Gasteiger partial charge >= 0.3 is 0 Å². The summed E-state index contributed by atoms with van der Waals surface area (Å²) in [6.07, 6.45) is 7.12. The van der Waals surface area contributed by atoms with E-state index in [-0.39, 0.29) is 6.04 Å². The molecule has 0 saturated carbocycles. The van der Waals surface area contributed by atoms with Crippen LogP contribution in [-0.4, -0.2) is 33.1 Å². The molecule has 2 aromatic rings. The second kappa shape index (κ2) is 4.02. The quantitative estimate of drug-likeness (QED) is 0.809. The molecule has 0 unspecified atom stereocenters. The zero-order chi connectivity index (χ0) is 10.8. The highest BCUT2D eigenvalue weighted by atomic mass is 15.5. The van der Waals surface area contributed by atoms with Crippen LogP contribution >= 0.6 is 0 Å². The Morgan fingerprint density at radius 2 is 2.06 bits per heavy atom. The van der Waals surface area contributed by atoms with E-state index in [1.165, 1.54) is 5.56 Å². The molecular formula is C11H13N5. The van der Waals surface area contributed by atoms with Gasteiger partial charge in [0.05, 0.1) is 12.4 Å². The molecule has 16 heavy (non-hydrogen) atoms. The van der Waals surface area contributed by atoms with Gasteiger partial charge in [0.2, 0.25) is 0 Å². The minimum Gasteiger partial charge on any atom is -0.316 e. The van der Waals surface area contributed by atoms with Gasteiger partial charge in [0.1, 0.15) is 6.04 Å². The fourth-order valence-corrected chi connectivity index (χ4v) is 2.05. The second-order valence-electron chi connectivity index (χ2n) is 4.00. The van der Waals surface area contributed by atoms with Crippen LogP contribution < -0.4 is 5.32 Å². The van der Waals surface area contributed by atoms with E-state index in [2.05, 4.69) is 26.6 Å². The predicted octanol–water partition coefficient (Wildman–Crippen LogP) is 0.482. The van der Waals surface area contributed by atoms with Gasteiger partial charge in [0.25, 0.3) is 0 Å². The molecule has 0 radical (unpaired) electrons. The predicted molar refractivity (Wildman–Crippen MR) is 58.8 cm³/mol. The molecule has 82 valence electrons. The van der Waals surface area contributed by atoms with Crippen molar-refractivity contribution in [2.24, 2.45) is 5.92 Å². The van der Waals surface area contributed by atoms with Gasteiger partial charge in [-0.3, -0.25) is 4.98 Å². The summed E-state index contributed by atoms with van der Waals surface area (Å²) in [7, 11) is 0. The van der Waals surface area contributed by atoms with E-state index < -0.39 is 0 Å². The van der Waals surface area contributed by atoms with Crippen LogP contribution in [-0.2, 0) is 0 Å². The summed E-state index contributed by atoms with van der Waals surface area (Å²) in [5.41, 5.74) is 1.17. The zero-order valence-electron chi connectivity index (χ0n) is 8.82. The first-order chi connectivity index (χ1) is 7.95. The minimum atomic E-state index is 0.199. The van der Waals surface area contributed by atoms with Crippen LogP contribution in [0.25, 0.3) is 0 Å². The number of nitrogens with one attached hydrogen (secondary N) is 1. The summed E-state index contributed by atoms with van der Waals surface area (Å²) in [6.45, 7) is 2.03. The summed E-state index contributed by atoms with van der Waals surface area (Å²) in [5, 5.41) is 11.8. The van der Waals surface area contributed by atoms with Crippen molar-refractivity contribution >= 4 is 0 Å². The molecule has 3 heterocycles. The van der Waals surface area contributed by atoms with Crippen molar-refractivity contribution < 1.29 is 0 Å². The van der Waals surface area contributed by atoms with Crippen LogP contribution in [0.2, 0.25) is 0 Å². The third-order valence-electron chi connectivity index (χ3n) is 2.97. The van der Waals surface area contributed by atoms with E-state index in [1.54, 1.807) is 23.4 Å². The maximum absolute atomic E-state index is 4.25. The normalized spacial score (nSPS) is 18.0. The van der Waals surface area contributed by atoms with Gasteiger partial charge < -0.3 is 5.32 Å². The van der Waals surface area contributed by atoms with Gasteiger partial charge in [-0.05, 0) is 11.6 Å². The number of hydrogen-bond acceptors (Lipinski definition) is 4. The lowest BCUT2D eigenvalue weighted by molar-refractivity contribution is 0.236. The summed E-state index contributed by atoms with van der Waals surface area (Å²) in [6, 6.07) is 4.24. The Balaban J connectivity index is 1.96. The molecule has 1 atom stereocenters. The van der Waals surface area contributed by atoms with Gasteiger partial charge in [-0.1, -0.05) is 6.07 Å². The standard InChI is InChI=1S/C11H13N5/c1-2-9(6-12-3-1)11(10-7-13-8-10)16-14-4-5-15-16/h1-6,10-11,13H,7-8H2/t11-/m0/s1. The van der Waals surface area contributed by atoms with E-state index >= 15 is 0 Å². The maximum atomic E-state index is 4.25. The van der Waals surface area contributed by atoms with Gasteiger partial charge in [-0.25, -0.2) is 0 Å². The van der Waals surface area contributed by atoms with Crippen LogP contribution in [0.3, 0.4) is 0 Å². The van der Waals surface area contributed by atoms with Gasteiger partial charge in [-0.2, -0.15) is 15.0 Å². The van der Waals surface area contributed by atoms with Crippen molar-refractivity contribution in [1.29, 1.82) is 0 Å². The molecule has 5 heteroatoms. The lowest BCUT2D eigenvalue weighted by Gasteiger charge is -2.34. The van der Waals surface area contributed by atoms with Crippen LogP contribution in [0.15, 0.2) is 36.9 Å². The van der Waals surface area contributed by atoms with E-state index in [1.807, 2.05) is 12.3 Å². The van der Waals surface area contributed by atoms with Gasteiger partial charge in [0, 0.05) is 31.4 Å². The molecule has 1 aliphatic heterocycles. The first-order valence-corrected chi connectivity index (χ1v) is 5.41. The highest BCUT2D eigenvalue weighted by Gasteiger charge is 2.30. The summed E-state index contributed by atoms with van der Waals surface area (Å²) in [4.78, 5) is 5.95. The Hall–Kier alpha value is -1.75. The van der Waals surface area contributed by atoms with E-state index in [0.29, 0.717) is 5.92 Å². The Morgan fingerprint density at radius 3 is 2.62 bits per heavy atom. The largest absolute Gasteiger partial charge is 0.316 e. The average Bonchev–Trinajstić information content (AvgIpc) is 2.77. The van der Waals surface area contributed by atoms with Crippen LogP contribution in [0.1, 0.15) is 11.6 Å². The van der Waals surface area contributed by atoms with E-state index in [0.717, 1.165) is 13.1 Å². The molecule has 1 N–H and O–H groups in total. The van der Waals surface area contributed by atoms with Crippen LogP contribution in [0.4, 0.5) is 0 Å². The zero-order valence-corrected chi connectivity index (χ0v) is 8.82. The smallest absolute Gasteiger partial charge is 0.103 e. The maximum Gasteiger partial charge on any atom is 0.103 e. The monoisotopic (exact) mass is 215 g/mol. The molecule has 0 aromatic carbocycles. The number of hydrogen-bond donors (Lipinski definition) is 1. The summed E-state index contributed by atoms with van der Waals surface area (Å²) in [5.74, 6) is 0.552. The molecule has 1 saturated heterocycles. The second-order valence-corrected chi connectivity index (χ2v) is 4.00. The van der Waals surface area contributed by atoms with Crippen LogP contribution in [0.5, 0.6) is 0 Å². The molecule has 2 aromatic heterocycles. The molecule has 1 aliphatic rings. The highest BCUT2D eigenvalue weighted by Crippen LogP contribution is 2.27. The highest BCUT2D eigenvalue weighted by molar-refractivity contribution is 5.16. The molecule has 0 spiro atoms. The number of pyridine rings is 1. The molecule has 1 fully saturated rings. The Morgan fingerprint density at radius 1 is 1.25 bits per heavy atom. The lowest BCUT2D eigenvalue weighted by atomic mass is 9.90. The van der Waals surface area contributed by atoms with Crippen LogP contribution in [0, 0.1) is 5.92 Å². The van der Waals surface area contributed by atoms with Crippen molar-refractivity contribution in [2.75, 3.05) is 13.1 Å². The summed E-state index contributed by atoms with van der Waals surface area (Å²) >= 11 is 0. The fraction of sp³-hybridized carbons (Fsp3) is 0.364. The van der Waals surface area contributed by atoms with Gasteiger partial charge in [-0.15, -0.1) is 0 Å². The average molecular weight is 215 g/mol. The van der Waals surface area contributed by atoms with E-state index in [4.69, 9.17) is 0 Å². The molecule has 0 bridgehead atoms. The van der Waals surface area contributed by atoms with Crippen molar-refractivity contribution in [3.63, 3.8) is 0 Å². The number of rotatable bonds is 3. The number of nitrogens with zero attached hydrogens (tertiary/aromatic N) is 4. The topological polar surface area (TPSA) is 55.6 Å². The van der Waals surface area contributed by atoms with Crippen molar-refractivity contribution in [3.8, 4) is 0 Å². The Labute approximate surface area is 93.5 Å². The minimum absolute atomic E-state index is 0.199. The molecular weight excluding hydrogens is 202 g/mol. The summed E-state index contributed by atoms with van der Waals surface area (Å²) < 4.78 is 0. The van der Waals surface area contributed by atoms with Crippen molar-refractivity contribution in [1.82, 2.24) is 25.3 Å². The molecule has 0 amide bonds. The number of aromatic nitrogens is 4. The SMILES string of the molecule is c1cncc([C@@H](C2CNC2)n2nccn2)c1. The molecule has 0 aliphatic carbocycles. The third-order valence-corrected chi connectivity index (χ3v) is 2.97. The molecule has 3 rings (SSSR count). The van der Waals surface area contributed by atoms with Crippen molar-refractivity contribution in [3.05, 3.63) is 42.5 Å². The Kier molecular flexibility index (Phi) is 2.38. The first-order valence-electron chi connectivity index (χ1n) is 5.41. The lowest BCUT2D eigenvalue weighted by Crippen LogP contribution is -2.47. The Bertz CT molecular complexity index is 435. The first kappa shape index (κ1) is 9.47. The fourth-order valence-electron chi connectivity index (χ4n) is 2.05. The van der Waals surface area contributed by atoms with E-state index in [9.17, 15) is 0 Å². The van der Waals surface area contributed by atoms with Crippen molar-refractivity contribution in [2.45, 2.75) is 6.04 Å².